The standard InChI is InChI=1S/C23H23ClFN5O2/c1-15-13-21(27-17-4-6-18(32-2)7-5-17)28-23(26-15)30-11-9-29(10-12-30)22(31)19-8-3-16(25)14-20(19)24/h3-8,13-14H,9-12H2,1-2H3,(H,26,27,28). The molecule has 1 aliphatic heterocycles. The summed E-state index contributed by atoms with van der Waals surface area (Å²) in [6.07, 6.45) is 0. The first-order valence-corrected chi connectivity index (χ1v) is 10.6. The number of hydrogen-bond acceptors (Lipinski definition) is 6. The molecule has 1 saturated heterocycles. The van der Waals surface area contributed by atoms with Gasteiger partial charge in [-0.15, -0.1) is 0 Å². The van der Waals surface area contributed by atoms with Gasteiger partial charge in [0.25, 0.3) is 5.91 Å². The molecule has 1 amide bonds. The lowest BCUT2D eigenvalue weighted by Crippen LogP contribution is -2.49. The summed E-state index contributed by atoms with van der Waals surface area (Å²) < 4.78 is 18.5. The topological polar surface area (TPSA) is 70.6 Å². The number of amides is 1. The number of aromatic nitrogens is 2. The van der Waals surface area contributed by atoms with Crippen molar-refractivity contribution >= 4 is 35.0 Å². The van der Waals surface area contributed by atoms with Crippen LogP contribution in [0.1, 0.15) is 16.1 Å². The largest absolute Gasteiger partial charge is 0.497 e. The van der Waals surface area contributed by atoms with Gasteiger partial charge >= 0.3 is 0 Å². The maximum absolute atomic E-state index is 13.3. The lowest BCUT2D eigenvalue weighted by molar-refractivity contribution is 0.0746. The van der Waals surface area contributed by atoms with Crippen LogP contribution in [-0.4, -0.2) is 54.1 Å². The van der Waals surface area contributed by atoms with Crippen LogP contribution in [0.5, 0.6) is 5.75 Å². The summed E-state index contributed by atoms with van der Waals surface area (Å²) in [6.45, 7) is 4.06. The predicted molar refractivity (Wildman–Crippen MR) is 123 cm³/mol. The molecular weight excluding hydrogens is 433 g/mol. The molecule has 1 aromatic heterocycles. The molecule has 0 spiro atoms. The molecule has 0 bridgehead atoms. The molecule has 0 unspecified atom stereocenters. The number of halogens is 2. The minimum Gasteiger partial charge on any atom is -0.497 e. The van der Waals surface area contributed by atoms with Crippen molar-refractivity contribution in [3.63, 3.8) is 0 Å². The van der Waals surface area contributed by atoms with Gasteiger partial charge in [0.05, 0.1) is 17.7 Å². The van der Waals surface area contributed by atoms with Crippen molar-refractivity contribution < 1.29 is 13.9 Å². The molecule has 4 rings (SSSR count). The first-order valence-electron chi connectivity index (χ1n) is 10.2. The molecule has 2 heterocycles. The molecule has 0 saturated carbocycles. The number of anilines is 3. The summed E-state index contributed by atoms with van der Waals surface area (Å²) in [4.78, 5) is 25.8. The van der Waals surface area contributed by atoms with Crippen molar-refractivity contribution in [2.24, 2.45) is 0 Å². The van der Waals surface area contributed by atoms with Crippen LogP contribution in [0.3, 0.4) is 0 Å². The lowest BCUT2D eigenvalue weighted by Gasteiger charge is -2.35. The SMILES string of the molecule is COc1ccc(Nc2cc(C)nc(N3CCN(C(=O)c4ccc(F)cc4Cl)CC3)n2)cc1. The second kappa shape index (κ2) is 9.40. The molecule has 0 aliphatic carbocycles. The third-order valence-corrected chi connectivity index (χ3v) is 5.53. The van der Waals surface area contributed by atoms with Gasteiger partial charge in [-0.3, -0.25) is 4.79 Å². The first-order chi connectivity index (χ1) is 15.4. The molecule has 1 aliphatic rings. The molecular formula is C23H23ClFN5O2. The Labute approximate surface area is 190 Å². The lowest BCUT2D eigenvalue weighted by atomic mass is 10.1. The van der Waals surface area contributed by atoms with E-state index in [2.05, 4.69) is 15.3 Å². The van der Waals surface area contributed by atoms with E-state index in [9.17, 15) is 9.18 Å². The highest BCUT2D eigenvalue weighted by Gasteiger charge is 2.25. The number of nitrogens with one attached hydrogen (secondary N) is 1. The number of piperazine rings is 1. The molecule has 1 fully saturated rings. The number of hydrogen-bond donors (Lipinski definition) is 1. The van der Waals surface area contributed by atoms with Gasteiger partial charge in [-0.25, -0.2) is 9.37 Å². The average molecular weight is 456 g/mol. The highest BCUT2D eigenvalue weighted by molar-refractivity contribution is 6.33. The normalized spacial score (nSPS) is 13.8. The number of carbonyl (C=O) groups excluding carboxylic acids is 1. The number of rotatable bonds is 5. The van der Waals surface area contributed by atoms with Gasteiger partial charge in [0.15, 0.2) is 0 Å². The van der Waals surface area contributed by atoms with Crippen LogP contribution >= 0.6 is 11.6 Å². The molecule has 2 aromatic carbocycles. The molecule has 3 aromatic rings. The van der Waals surface area contributed by atoms with Crippen LogP contribution in [0.2, 0.25) is 5.02 Å². The quantitative estimate of drug-likeness (QED) is 0.618. The van der Waals surface area contributed by atoms with E-state index in [-0.39, 0.29) is 10.9 Å². The van der Waals surface area contributed by atoms with Gasteiger partial charge in [-0.05, 0) is 49.4 Å². The number of benzene rings is 2. The number of carbonyl (C=O) groups is 1. The van der Waals surface area contributed by atoms with Gasteiger partial charge in [-0.1, -0.05) is 11.6 Å². The van der Waals surface area contributed by atoms with Crippen LogP contribution in [0, 0.1) is 12.7 Å². The highest BCUT2D eigenvalue weighted by atomic mass is 35.5. The summed E-state index contributed by atoms with van der Waals surface area (Å²) in [5.74, 6) is 1.40. The van der Waals surface area contributed by atoms with Gasteiger partial charge in [-0.2, -0.15) is 4.98 Å². The average Bonchev–Trinajstić information content (AvgIpc) is 2.79. The van der Waals surface area contributed by atoms with Crippen molar-refractivity contribution in [2.75, 3.05) is 43.5 Å². The zero-order valence-electron chi connectivity index (χ0n) is 17.8. The van der Waals surface area contributed by atoms with Crippen molar-refractivity contribution in [3.05, 3.63) is 70.6 Å². The first kappa shape index (κ1) is 21.8. The Balaban J connectivity index is 1.43. The maximum Gasteiger partial charge on any atom is 0.255 e. The van der Waals surface area contributed by atoms with E-state index in [1.165, 1.54) is 12.1 Å². The van der Waals surface area contributed by atoms with Gasteiger partial charge in [0, 0.05) is 43.6 Å². The second-order valence-corrected chi connectivity index (χ2v) is 7.86. The Bertz CT molecular complexity index is 1120. The maximum atomic E-state index is 13.3. The van der Waals surface area contributed by atoms with E-state index in [0.29, 0.717) is 43.5 Å². The Morgan fingerprint density at radius 1 is 1.06 bits per heavy atom. The molecule has 7 nitrogen and oxygen atoms in total. The highest BCUT2D eigenvalue weighted by Crippen LogP contribution is 2.23. The van der Waals surface area contributed by atoms with Crippen LogP contribution < -0.4 is 15.0 Å². The summed E-state index contributed by atoms with van der Waals surface area (Å²) in [5.41, 5.74) is 2.03. The van der Waals surface area contributed by atoms with Crippen LogP contribution in [-0.2, 0) is 0 Å². The van der Waals surface area contributed by atoms with Crippen molar-refractivity contribution in [1.82, 2.24) is 14.9 Å². The van der Waals surface area contributed by atoms with Crippen molar-refractivity contribution in [2.45, 2.75) is 6.92 Å². The molecule has 1 N–H and O–H groups in total. The predicted octanol–water partition coefficient (Wildman–Crippen LogP) is 4.29. The Morgan fingerprint density at radius 3 is 2.44 bits per heavy atom. The van der Waals surface area contributed by atoms with Gasteiger partial charge in [0.1, 0.15) is 17.4 Å². The van der Waals surface area contributed by atoms with E-state index in [0.717, 1.165) is 23.2 Å². The number of nitrogens with zero attached hydrogens (tertiary/aromatic N) is 4. The summed E-state index contributed by atoms with van der Waals surface area (Å²) in [6, 6.07) is 13.3. The van der Waals surface area contributed by atoms with Crippen LogP contribution in [0.25, 0.3) is 0 Å². The molecule has 0 radical (unpaired) electrons. The Hall–Kier alpha value is -3.39. The summed E-state index contributed by atoms with van der Waals surface area (Å²) in [5, 5.41) is 3.41. The fourth-order valence-corrected chi connectivity index (χ4v) is 3.77. The van der Waals surface area contributed by atoms with E-state index in [1.807, 2.05) is 42.2 Å². The Kier molecular flexibility index (Phi) is 6.41. The summed E-state index contributed by atoms with van der Waals surface area (Å²) in [7, 11) is 1.63. The fraction of sp³-hybridized carbons (Fsp3) is 0.261. The van der Waals surface area contributed by atoms with E-state index < -0.39 is 5.82 Å². The number of aryl methyl sites for hydroxylation is 1. The number of ether oxygens (including phenoxy) is 1. The molecule has 9 heteroatoms. The third kappa shape index (κ3) is 4.91. The van der Waals surface area contributed by atoms with Gasteiger partial charge < -0.3 is 19.9 Å². The van der Waals surface area contributed by atoms with Gasteiger partial charge in [0.2, 0.25) is 5.95 Å². The fourth-order valence-electron chi connectivity index (χ4n) is 3.52. The third-order valence-electron chi connectivity index (χ3n) is 5.22. The molecule has 32 heavy (non-hydrogen) atoms. The minimum atomic E-state index is -0.466. The monoisotopic (exact) mass is 455 g/mol. The Morgan fingerprint density at radius 2 is 1.78 bits per heavy atom. The van der Waals surface area contributed by atoms with Crippen LogP contribution in [0.15, 0.2) is 48.5 Å². The van der Waals surface area contributed by atoms with Crippen molar-refractivity contribution in [3.8, 4) is 5.75 Å². The van der Waals surface area contributed by atoms with E-state index >= 15 is 0 Å². The van der Waals surface area contributed by atoms with E-state index in [1.54, 1.807) is 12.0 Å². The molecule has 0 atom stereocenters. The molecule has 166 valence electrons. The smallest absolute Gasteiger partial charge is 0.255 e. The number of methoxy groups -OCH3 is 1. The summed E-state index contributed by atoms with van der Waals surface area (Å²) >= 11 is 6.05. The van der Waals surface area contributed by atoms with E-state index in [4.69, 9.17) is 16.3 Å². The zero-order chi connectivity index (χ0) is 22.7. The second-order valence-electron chi connectivity index (χ2n) is 7.45. The minimum absolute atomic E-state index is 0.119. The zero-order valence-corrected chi connectivity index (χ0v) is 18.6. The van der Waals surface area contributed by atoms with Crippen LogP contribution in [0.4, 0.5) is 21.8 Å². The van der Waals surface area contributed by atoms with Crippen molar-refractivity contribution in [1.29, 1.82) is 0 Å².